The number of aldehydes is 1. The highest BCUT2D eigenvalue weighted by Gasteiger charge is 2.25. The lowest BCUT2D eigenvalue weighted by Gasteiger charge is -2.32. The van der Waals surface area contributed by atoms with Gasteiger partial charge in [-0.15, -0.1) is 0 Å². The number of carbonyl (C=O) groups excluding carboxylic acids is 2. The van der Waals surface area contributed by atoms with Gasteiger partial charge in [0.25, 0.3) is 0 Å². The topological polar surface area (TPSA) is 81.9 Å². The van der Waals surface area contributed by atoms with Crippen LogP contribution in [0.1, 0.15) is 61.3 Å². The first-order valence-electron chi connectivity index (χ1n) is 8.04. The molecule has 138 valence electrons. The second kappa shape index (κ2) is 11.4. The van der Waals surface area contributed by atoms with Crippen LogP contribution in [0.25, 0.3) is 0 Å². The van der Waals surface area contributed by atoms with Crippen LogP contribution in [0, 0.1) is 0 Å². The molecule has 0 saturated carbocycles. The van der Waals surface area contributed by atoms with Gasteiger partial charge in [0.15, 0.2) is 0 Å². The Balaban J connectivity index is 0. The number of amides is 1. The Morgan fingerprint density at radius 1 is 1.09 bits per heavy atom. The van der Waals surface area contributed by atoms with E-state index >= 15 is 0 Å². The van der Waals surface area contributed by atoms with Crippen LogP contribution in [0.5, 0.6) is 0 Å². The van der Waals surface area contributed by atoms with E-state index in [0.29, 0.717) is 0 Å². The molecule has 0 unspecified atom stereocenters. The Morgan fingerprint density at radius 3 is 1.70 bits per heavy atom. The standard InChI is InChI=1S/C10H20N2O2.C5H12O.C2H4O/c1-10(2,3)14-9(13)12-6-4-8(11)5-7-12;1-5(2,3)6-4;1-2-3/h8H,4-7,11H2,1-3H3;1-4H3;2H,1H3. The first-order valence-corrected chi connectivity index (χ1v) is 8.04. The Morgan fingerprint density at radius 2 is 1.43 bits per heavy atom. The first kappa shape index (κ1) is 24.1. The average molecular weight is 332 g/mol. The van der Waals surface area contributed by atoms with E-state index in [1.165, 1.54) is 6.92 Å². The minimum absolute atomic E-state index is 0.0417. The van der Waals surface area contributed by atoms with Crippen molar-refractivity contribution >= 4 is 12.4 Å². The van der Waals surface area contributed by atoms with Gasteiger partial charge in [-0.05, 0) is 61.3 Å². The summed E-state index contributed by atoms with van der Waals surface area (Å²) in [7, 11) is 1.71. The molecular weight excluding hydrogens is 296 g/mol. The predicted molar refractivity (Wildman–Crippen MR) is 93.5 cm³/mol. The molecule has 1 aliphatic heterocycles. The van der Waals surface area contributed by atoms with Gasteiger partial charge in [-0.3, -0.25) is 0 Å². The average Bonchev–Trinajstić information content (AvgIpc) is 2.38. The van der Waals surface area contributed by atoms with Crippen LogP contribution >= 0.6 is 0 Å². The summed E-state index contributed by atoms with van der Waals surface area (Å²) in [4.78, 5) is 22.1. The summed E-state index contributed by atoms with van der Waals surface area (Å²) in [5.41, 5.74) is 5.38. The molecule has 1 heterocycles. The summed E-state index contributed by atoms with van der Waals surface area (Å²) in [5, 5.41) is 0. The van der Waals surface area contributed by atoms with Crippen molar-refractivity contribution in [2.75, 3.05) is 20.2 Å². The highest BCUT2D eigenvalue weighted by atomic mass is 16.6. The maximum Gasteiger partial charge on any atom is 0.410 e. The monoisotopic (exact) mass is 332 g/mol. The Bertz CT molecular complexity index is 324. The van der Waals surface area contributed by atoms with Gasteiger partial charge in [-0.2, -0.15) is 0 Å². The van der Waals surface area contributed by atoms with E-state index in [1.807, 2.05) is 41.5 Å². The summed E-state index contributed by atoms with van der Waals surface area (Å²) in [6, 6.07) is 0.244. The van der Waals surface area contributed by atoms with Crippen LogP contribution in [-0.4, -0.2) is 54.7 Å². The van der Waals surface area contributed by atoms with Gasteiger partial charge >= 0.3 is 6.09 Å². The Kier molecular flexibility index (Phi) is 12.0. The number of nitrogens with zero attached hydrogens (tertiary/aromatic N) is 1. The quantitative estimate of drug-likeness (QED) is 0.690. The summed E-state index contributed by atoms with van der Waals surface area (Å²) >= 11 is 0. The molecule has 0 radical (unpaired) electrons. The third kappa shape index (κ3) is 17.1. The molecule has 0 aliphatic carbocycles. The number of carbonyl (C=O) groups is 2. The van der Waals surface area contributed by atoms with Gasteiger partial charge in [0.1, 0.15) is 11.9 Å². The molecule has 1 amide bonds. The maximum atomic E-state index is 11.6. The molecule has 23 heavy (non-hydrogen) atoms. The van der Waals surface area contributed by atoms with Gasteiger partial charge < -0.3 is 24.9 Å². The molecule has 0 bridgehead atoms. The minimum Gasteiger partial charge on any atom is -0.444 e. The van der Waals surface area contributed by atoms with Crippen molar-refractivity contribution in [2.45, 2.75) is 78.6 Å². The van der Waals surface area contributed by atoms with E-state index in [9.17, 15) is 4.79 Å². The fourth-order valence-electron chi connectivity index (χ4n) is 1.41. The third-order valence-electron chi connectivity index (χ3n) is 2.80. The van der Waals surface area contributed by atoms with Crippen molar-refractivity contribution in [3.05, 3.63) is 0 Å². The lowest BCUT2D eigenvalue weighted by atomic mass is 10.1. The summed E-state index contributed by atoms with van der Waals surface area (Å²) in [6.07, 6.45) is 2.28. The van der Waals surface area contributed by atoms with Gasteiger partial charge in [0.05, 0.1) is 5.60 Å². The fourth-order valence-corrected chi connectivity index (χ4v) is 1.41. The van der Waals surface area contributed by atoms with Crippen LogP contribution in [0.15, 0.2) is 0 Å². The van der Waals surface area contributed by atoms with Crippen molar-refractivity contribution in [3.8, 4) is 0 Å². The number of likely N-dealkylation sites (tertiary alicyclic amines) is 1. The Hall–Kier alpha value is -1.14. The summed E-state index contributed by atoms with van der Waals surface area (Å²) in [6.45, 7) is 14.6. The molecule has 1 fully saturated rings. The van der Waals surface area contributed by atoms with Crippen molar-refractivity contribution in [3.63, 3.8) is 0 Å². The van der Waals surface area contributed by atoms with E-state index in [2.05, 4.69) is 0 Å². The second-order valence-electron chi connectivity index (χ2n) is 7.36. The van der Waals surface area contributed by atoms with Gasteiger partial charge in [-0.1, -0.05) is 0 Å². The van der Waals surface area contributed by atoms with Crippen LogP contribution in [0.2, 0.25) is 0 Å². The number of hydrogen-bond acceptors (Lipinski definition) is 5. The fraction of sp³-hybridized carbons (Fsp3) is 0.882. The highest BCUT2D eigenvalue weighted by molar-refractivity contribution is 5.68. The smallest absolute Gasteiger partial charge is 0.410 e. The molecule has 6 heteroatoms. The zero-order chi connectivity index (χ0) is 18.7. The van der Waals surface area contributed by atoms with Crippen LogP contribution < -0.4 is 5.73 Å². The van der Waals surface area contributed by atoms with Crippen molar-refractivity contribution in [2.24, 2.45) is 5.73 Å². The first-order chi connectivity index (χ1) is 10.4. The number of methoxy groups -OCH3 is 1. The van der Waals surface area contributed by atoms with E-state index < -0.39 is 5.60 Å². The van der Waals surface area contributed by atoms with Crippen LogP contribution in [0.4, 0.5) is 4.79 Å². The van der Waals surface area contributed by atoms with E-state index in [1.54, 1.807) is 12.0 Å². The lowest BCUT2D eigenvalue weighted by molar-refractivity contribution is -0.106. The second-order valence-corrected chi connectivity index (χ2v) is 7.36. The van der Waals surface area contributed by atoms with E-state index in [-0.39, 0.29) is 17.7 Å². The zero-order valence-electron chi connectivity index (χ0n) is 16.1. The number of nitrogens with two attached hydrogens (primary N) is 1. The Labute approximate surface area is 141 Å². The van der Waals surface area contributed by atoms with E-state index in [4.69, 9.17) is 20.0 Å². The molecule has 6 nitrogen and oxygen atoms in total. The molecule has 0 spiro atoms. The molecule has 0 aromatic rings. The van der Waals surface area contributed by atoms with Gasteiger partial charge in [0, 0.05) is 26.2 Å². The SMILES string of the molecule is CC(C)(C)OC(=O)N1CCC(N)CC1.CC=O.COC(C)(C)C. The van der Waals surface area contributed by atoms with E-state index in [0.717, 1.165) is 32.2 Å². The maximum absolute atomic E-state index is 11.6. The summed E-state index contributed by atoms with van der Waals surface area (Å²) in [5.74, 6) is 0. The van der Waals surface area contributed by atoms with Crippen LogP contribution in [-0.2, 0) is 14.3 Å². The van der Waals surface area contributed by atoms with Gasteiger partial charge in [0.2, 0.25) is 0 Å². The van der Waals surface area contributed by atoms with Crippen LogP contribution in [0.3, 0.4) is 0 Å². The van der Waals surface area contributed by atoms with Crippen molar-refractivity contribution in [1.29, 1.82) is 0 Å². The summed E-state index contributed by atoms with van der Waals surface area (Å²) < 4.78 is 10.2. The van der Waals surface area contributed by atoms with Crippen molar-refractivity contribution in [1.82, 2.24) is 4.90 Å². The van der Waals surface area contributed by atoms with Crippen molar-refractivity contribution < 1.29 is 19.1 Å². The predicted octanol–water partition coefficient (Wildman–Crippen LogP) is 2.98. The molecular formula is C17H36N2O4. The number of rotatable bonds is 0. The minimum atomic E-state index is -0.406. The molecule has 1 aliphatic rings. The van der Waals surface area contributed by atoms with Gasteiger partial charge in [-0.25, -0.2) is 4.79 Å². The zero-order valence-corrected chi connectivity index (χ0v) is 16.1. The number of ether oxygens (including phenoxy) is 2. The normalized spacial score (nSPS) is 15.6. The largest absolute Gasteiger partial charge is 0.444 e. The lowest BCUT2D eigenvalue weighted by Crippen LogP contribution is -2.44. The number of hydrogen-bond donors (Lipinski definition) is 1. The molecule has 0 atom stereocenters. The molecule has 1 rings (SSSR count). The molecule has 2 N–H and O–H groups in total. The third-order valence-corrected chi connectivity index (χ3v) is 2.80. The highest BCUT2D eigenvalue weighted by Crippen LogP contribution is 2.14. The molecule has 1 saturated heterocycles. The molecule has 0 aromatic carbocycles. The number of piperidine rings is 1. The molecule has 0 aromatic heterocycles.